The first kappa shape index (κ1) is 9.58. The molecule has 1 aromatic rings. The fourth-order valence-corrected chi connectivity index (χ4v) is 2.07. The van der Waals surface area contributed by atoms with Crippen LogP contribution in [0.5, 0.6) is 0 Å². The average molecular weight is 195 g/mol. The maximum Gasteiger partial charge on any atom is 0.165 e. The second kappa shape index (κ2) is 3.31. The molecule has 1 aromatic heterocycles. The van der Waals surface area contributed by atoms with Crippen molar-refractivity contribution in [2.45, 2.75) is 45.2 Å². The Kier molecular flexibility index (Phi) is 2.26. The number of rotatable bonds is 3. The molecule has 0 bridgehead atoms. The second-order valence-electron chi connectivity index (χ2n) is 4.49. The molecule has 5 heteroatoms. The summed E-state index contributed by atoms with van der Waals surface area (Å²) in [6.07, 6.45) is 3.88. The fourth-order valence-electron chi connectivity index (χ4n) is 2.07. The molecule has 0 amide bonds. The molecule has 14 heavy (non-hydrogen) atoms. The van der Waals surface area contributed by atoms with Crippen LogP contribution in [0.15, 0.2) is 0 Å². The first-order valence-electron chi connectivity index (χ1n) is 5.14. The molecule has 0 unspecified atom stereocenters. The van der Waals surface area contributed by atoms with Crippen molar-refractivity contribution in [1.29, 1.82) is 0 Å². The van der Waals surface area contributed by atoms with E-state index in [1.54, 1.807) is 0 Å². The van der Waals surface area contributed by atoms with Crippen LogP contribution in [-0.2, 0) is 12.1 Å². The van der Waals surface area contributed by atoms with E-state index in [-0.39, 0.29) is 5.54 Å². The minimum absolute atomic E-state index is 0.0104. The smallest absolute Gasteiger partial charge is 0.165 e. The van der Waals surface area contributed by atoms with Gasteiger partial charge in [-0.3, -0.25) is 0 Å². The molecule has 5 nitrogen and oxygen atoms in total. The topological polar surface area (TPSA) is 69.6 Å². The Morgan fingerprint density at radius 3 is 2.71 bits per heavy atom. The van der Waals surface area contributed by atoms with Gasteiger partial charge in [0, 0.05) is 0 Å². The monoisotopic (exact) mass is 195 g/mol. The van der Waals surface area contributed by atoms with Crippen LogP contribution < -0.4 is 5.73 Å². The van der Waals surface area contributed by atoms with Crippen molar-refractivity contribution in [2.24, 2.45) is 11.7 Å². The maximum absolute atomic E-state index is 5.59. The van der Waals surface area contributed by atoms with Gasteiger partial charge in [-0.1, -0.05) is 6.42 Å². The predicted molar refractivity (Wildman–Crippen MR) is 52.4 cm³/mol. The number of aromatic nitrogens is 4. The van der Waals surface area contributed by atoms with Gasteiger partial charge in [-0.25, -0.2) is 4.68 Å². The van der Waals surface area contributed by atoms with Gasteiger partial charge in [-0.2, -0.15) is 0 Å². The summed E-state index contributed by atoms with van der Waals surface area (Å²) in [5.41, 5.74) is 5.60. The number of nitrogens with two attached hydrogens (primary N) is 1. The Morgan fingerprint density at radius 1 is 1.50 bits per heavy atom. The normalized spacial score (nSPS) is 18.2. The zero-order valence-corrected chi connectivity index (χ0v) is 8.77. The van der Waals surface area contributed by atoms with E-state index >= 15 is 0 Å². The summed E-state index contributed by atoms with van der Waals surface area (Å²) in [5, 5.41) is 11.6. The minimum Gasteiger partial charge on any atom is -0.324 e. The molecule has 0 saturated heterocycles. The molecule has 0 atom stereocenters. The van der Waals surface area contributed by atoms with Crippen LogP contribution in [0.25, 0.3) is 0 Å². The van der Waals surface area contributed by atoms with Crippen LogP contribution in [0, 0.1) is 5.92 Å². The molecule has 1 saturated carbocycles. The van der Waals surface area contributed by atoms with E-state index in [4.69, 9.17) is 5.73 Å². The zero-order chi connectivity index (χ0) is 10.2. The van der Waals surface area contributed by atoms with E-state index in [9.17, 15) is 0 Å². The summed E-state index contributed by atoms with van der Waals surface area (Å²) < 4.78 is 1.89. The Labute approximate surface area is 83.7 Å². The third kappa shape index (κ3) is 1.32. The van der Waals surface area contributed by atoms with Gasteiger partial charge < -0.3 is 5.73 Å². The summed E-state index contributed by atoms with van der Waals surface area (Å²) in [6, 6.07) is 0. The lowest BCUT2D eigenvalue weighted by Crippen LogP contribution is -2.41. The second-order valence-corrected chi connectivity index (χ2v) is 4.49. The van der Waals surface area contributed by atoms with Gasteiger partial charge in [-0.15, -0.1) is 5.10 Å². The summed E-state index contributed by atoms with van der Waals surface area (Å²) in [7, 11) is 0. The van der Waals surface area contributed by atoms with Crippen molar-refractivity contribution in [3.63, 3.8) is 0 Å². The Balaban J connectivity index is 2.27. The van der Waals surface area contributed by atoms with Crippen LogP contribution in [0.1, 0.15) is 38.9 Å². The van der Waals surface area contributed by atoms with E-state index in [1.807, 2.05) is 4.68 Å². The zero-order valence-electron chi connectivity index (χ0n) is 8.77. The molecule has 2 rings (SSSR count). The first-order valence-corrected chi connectivity index (χ1v) is 5.14. The van der Waals surface area contributed by atoms with Gasteiger partial charge in [0.25, 0.3) is 0 Å². The molecule has 1 fully saturated rings. The molecular formula is C9H17N5. The van der Waals surface area contributed by atoms with Gasteiger partial charge >= 0.3 is 0 Å². The number of tetrazole rings is 1. The van der Waals surface area contributed by atoms with Gasteiger partial charge in [0.2, 0.25) is 0 Å². The molecule has 2 N–H and O–H groups in total. The van der Waals surface area contributed by atoms with Crippen molar-refractivity contribution >= 4 is 0 Å². The number of hydrogen-bond acceptors (Lipinski definition) is 4. The lowest BCUT2D eigenvalue weighted by Gasteiger charge is -2.40. The van der Waals surface area contributed by atoms with E-state index in [0.29, 0.717) is 12.5 Å². The van der Waals surface area contributed by atoms with Crippen molar-refractivity contribution in [3.05, 3.63) is 5.82 Å². The Hall–Kier alpha value is -0.970. The summed E-state index contributed by atoms with van der Waals surface area (Å²) >= 11 is 0. The lowest BCUT2D eigenvalue weighted by molar-refractivity contribution is 0.109. The van der Waals surface area contributed by atoms with E-state index in [0.717, 1.165) is 5.82 Å². The van der Waals surface area contributed by atoms with Crippen molar-refractivity contribution in [2.75, 3.05) is 0 Å². The number of nitrogens with zero attached hydrogens (tertiary/aromatic N) is 4. The highest BCUT2D eigenvalue weighted by Gasteiger charge is 2.37. The molecule has 0 aliphatic heterocycles. The van der Waals surface area contributed by atoms with Crippen molar-refractivity contribution in [1.82, 2.24) is 20.2 Å². The van der Waals surface area contributed by atoms with Crippen molar-refractivity contribution in [3.8, 4) is 0 Å². The van der Waals surface area contributed by atoms with E-state index in [2.05, 4.69) is 29.4 Å². The van der Waals surface area contributed by atoms with Crippen LogP contribution in [0.3, 0.4) is 0 Å². The van der Waals surface area contributed by atoms with Gasteiger partial charge in [-0.05, 0) is 43.0 Å². The van der Waals surface area contributed by atoms with Crippen LogP contribution in [-0.4, -0.2) is 20.2 Å². The summed E-state index contributed by atoms with van der Waals surface area (Å²) in [4.78, 5) is 0. The Morgan fingerprint density at radius 2 is 2.21 bits per heavy atom. The molecule has 1 aliphatic carbocycles. The molecule has 78 valence electrons. The minimum atomic E-state index is 0.0104. The van der Waals surface area contributed by atoms with Gasteiger partial charge in [0.1, 0.15) is 0 Å². The van der Waals surface area contributed by atoms with E-state index in [1.165, 1.54) is 19.3 Å². The van der Waals surface area contributed by atoms with Crippen LogP contribution >= 0.6 is 0 Å². The van der Waals surface area contributed by atoms with Crippen LogP contribution in [0.4, 0.5) is 0 Å². The molecule has 1 heterocycles. The molecule has 0 radical (unpaired) electrons. The lowest BCUT2D eigenvalue weighted by atomic mass is 9.72. The number of hydrogen-bond donors (Lipinski definition) is 1. The highest BCUT2D eigenvalue weighted by molar-refractivity contribution is 4.94. The SMILES string of the molecule is CC(C)(C1CCC1)n1nnnc1CN. The Bertz CT molecular complexity index is 313. The summed E-state index contributed by atoms with van der Waals surface area (Å²) in [6.45, 7) is 4.78. The quantitative estimate of drug-likeness (QED) is 0.769. The third-order valence-electron chi connectivity index (χ3n) is 3.37. The van der Waals surface area contributed by atoms with Gasteiger partial charge in [0.15, 0.2) is 5.82 Å². The molecular weight excluding hydrogens is 178 g/mol. The van der Waals surface area contributed by atoms with Gasteiger partial charge in [0.05, 0.1) is 12.1 Å². The highest BCUT2D eigenvalue weighted by Crippen LogP contribution is 2.40. The van der Waals surface area contributed by atoms with E-state index < -0.39 is 0 Å². The van der Waals surface area contributed by atoms with Crippen molar-refractivity contribution < 1.29 is 0 Å². The fraction of sp³-hybridized carbons (Fsp3) is 0.889. The predicted octanol–water partition coefficient (Wildman–Crippen LogP) is 0.667. The average Bonchev–Trinajstić information content (AvgIpc) is 2.46. The third-order valence-corrected chi connectivity index (χ3v) is 3.37. The molecule has 1 aliphatic rings. The highest BCUT2D eigenvalue weighted by atomic mass is 15.6. The first-order chi connectivity index (χ1) is 6.66. The summed E-state index contributed by atoms with van der Waals surface area (Å²) in [5.74, 6) is 1.47. The molecule has 0 spiro atoms. The molecule has 0 aromatic carbocycles. The maximum atomic E-state index is 5.59. The standard InChI is InChI=1S/C9H17N5/c1-9(2,7-4-3-5-7)14-8(6-10)11-12-13-14/h7H,3-6,10H2,1-2H3. The van der Waals surface area contributed by atoms with Crippen LogP contribution in [0.2, 0.25) is 0 Å². The largest absolute Gasteiger partial charge is 0.324 e.